The molecule has 1 nitrogen and oxygen atoms in total. The van der Waals surface area contributed by atoms with Gasteiger partial charge in [0.05, 0.1) is 0 Å². The van der Waals surface area contributed by atoms with E-state index < -0.39 is 0 Å². The van der Waals surface area contributed by atoms with Crippen molar-refractivity contribution in [3.63, 3.8) is 0 Å². The van der Waals surface area contributed by atoms with Gasteiger partial charge in [-0.2, -0.15) is 0 Å². The van der Waals surface area contributed by atoms with Crippen LogP contribution in [0.4, 0.5) is 0 Å². The van der Waals surface area contributed by atoms with Crippen LogP contribution >= 0.6 is 12.4 Å². The Morgan fingerprint density at radius 1 is 1.00 bits per heavy atom. The molecule has 0 aliphatic heterocycles. The fourth-order valence-electron chi connectivity index (χ4n) is 2.77. The highest BCUT2D eigenvalue weighted by atomic mass is 35.5. The van der Waals surface area contributed by atoms with E-state index in [0.29, 0.717) is 5.92 Å². The predicted octanol–water partition coefficient (Wildman–Crippen LogP) is 5.04. The second kappa shape index (κ2) is 8.60. The molecule has 0 spiro atoms. The lowest BCUT2D eigenvalue weighted by molar-refractivity contribution is 0.459. The van der Waals surface area contributed by atoms with E-state index in [9.17, 15) is 0 Å². The Bertz CT molecular complexity index is 337. The number of halogens is 1. The molecular formula is C17H28ClN. The molecule has 1 aliphatic rings. The Kier molecular flexibility index (Phi) is 7.48. The largest absolute Gasteiger partial charge is 0.310 e. The average molecular weight is 282 g/mol. The van der Waals surface area contributed by atoms with Crippen LogP contribution in [0.1, 0.15) is 69.4 Å². The summed E-state index contributed by atoms with van der Waals surface area (Å²) >= 11 is 0. The third-order valence-electron chi connectivity index (χ3n) is 4.10. The van der Waals surface area contributed by atoms with Crippen LogP contribution in [0.2, 0.25) is 0 Å². The second-order valence-corrected chi connectivity index (χ2v) is 5.97. The first-order valence-electron chi connectivity index (χ1n) is 7.58. The van der Waals surface area contributed by atoms with Crippen molar-refractivity contribution in [1.82, 2.24) is 5.32 Å². The minimum atomic E-state index is 0. The highest BCUT2D eigenvalue weighted by Gasteiger charge is 2.11. The van der Waals surface area contributed by atoms with Crippen molar-refractivity contribution in [1.29, 1.82) is 0 Å². The standard InChI is InChI=1S/C17H27N.ClH/c1-14(2)16-11-9-15(10-12-16)13-18-17-7-5-3-4-6-8-17;/h9-12,14,17-18H,3-8,13H2,1-2H3;1H. The third kappa shape index (κ3) is 5.54. The van der Waals surface area contributed by atoms with Crippen LogP contribution in [0.15, 0.2) is 24.3 Å². The number of hydrogen-bond donors (Lipinski definition) is 1. The molecule has 1 fully saturated rings. The highest BCUT2D eigenvalue weighted by molar-refractivity contribution is 5.85. The Hall–Kier alpha value is -0.530. The van der Waals surface area contributed by atoms with Crippen molar-refractivity contribution in [2.45, 2.75) is 70.9 Å². The van der Waals surface area contributed by atoms with Crippen LogP contribution in [0.5, 0.6) is 0 Å². The molecule has 1 N–H and O–H groups in total. The fraction of sp³-hybridized carbons (Fsp3) is 0.647. The molecule has 2 heteroatoms. The molecule has 1 aliphatic carbocycles. The lowest BCUT2D eigenvalue weighted by Gasteiger charge is -2.16. The molecule has 0 aromatic heterocycles. The zero-order chi connectivity index (χ0) is 12.8. The van der Waals surface area contributed by atoms with Gasteiger partial charge in [-0.15, -0.1) is 12.4 Å². The van der Waals surface area contributed by atoms with E-state index >= 15 is 0 Å². The van der Waals surface area contributed by atoms with Crippen molar-refractivity contribution in [2.75, 3.05) is 0 Å². The van der Waals surface area contributed by atoms with Gasteiger partial charge in [0.15, 0.2) is 0 Å². The number of benzene rings is 1. The smallest absolute Gasteiger partial charge is 0.0208 e. The van der Waals surface area contributed by atoms with Crippen molar-refractivity contribution in [3.05, 3.63) is 35.4 Å². The molecule has 0 unspecified atom stereocenters. The topological polar surface area (TPSA) is 12.0 Å². The van der Waals surface area contributed by atoms with Gasteiger partial charge in [0.2, 0.25) is 0 Å². The van der Waals surface area contributed by atoms with E-state index in [1.54, 1.807) is 0 Å². The first-order valence-corrected chi connectivity index (χ1v) is 7.58. The van der Waals surface area contributed by atoms with Crippen molar-refractivity contribution < 1.29 is 0 Å². The molecule has 19 heavy (non-hydrogen) atoms. The van der Waals surface area contributed by atoms with E-state index in [2.05, 4.69) is 43.4 Å². The van der Waals surface area contributed by atoms with E-state index in [1.807, 2.05) is 0 Å². The lowest BCUT2D eigenvalue weighted by Crippen LogP contribution is -2.27. The molecule has 0 amide bonds. The maximum Gasteiger partial charge on any atom is 0.0208 e. The van der Waals surface area contributed by atoms with Gasteiger partial charge in [0, 0.05) is 12.6 Å². The van der Waals surface area contributed by atoms with Crippen molar-refractivity contribution in [2.24, 2.45) is 0 Å². The van der Waals surface area contributed by atoms with Crippen LogP contribution < -0.4 is 5.32 Å². The molecule has 0 radical (unpaired) electrons. The summed E-state index contributed by atoms with van der Waals surface area (Å²) in [5.41, 5.74) is 2.86. The first-order chi connectivity index (χ1) is 8.75. The maximum absolute atomic E-state index is 3.73. The summed E-state index contributed by atoms with van der Waals surface area (Å²) in [6.07, 6.45) is 8.41. The molecule has 0 bridgehead atoms. The number of nitrogens with one attached hydrogen (secondary N) is 1. The third-order valence-corrected chi connectivity index (χ3v) is 4.10. The average Bonchev–Trinajstić information content (AvgIpc) is 2.65. The summed E-state index contributed by atoms with van der Waals surface area (Å²) < 4.78 is 0. The van der Waals surface area contributed by atoms with Gasteiger partial charge in [0.25, 0.3) is 0 Å². The van der Waals surface area contributed by atoms with E-state index in [-0.39, 0.29) is 12.4 Å². The van der Waals surface area contributed by atoms with Gasteiger partial charge in [-0.25, -0.2) is 0 Å². The van der Waals surface area contributed by atoms with Gasteiger partial charge in [-0.3, -0.25) is 0 Å². The maximum atomic E-state index is 3.73. The monoisotopic (exact) mass is 281 g/mol. The van der Waals surface area contributed by atoms with E-state index in [1.165, 1.54) is 49.7 Å². The first kappa shape index (κ1) is 16.5. The van der Waals surface area contributed by atoms with Crippen molar-refractivity contribution in [3.8, 4) is 0 Å². The van der Waals surface area contributed by atoms with Crippen LogP contribution in [0, 0.1) is 0 Å². The van der Waals surface area contributed by atoms with E-state index in [4.69, 9.17) is 0 Å². The van der Waals surface area contributed by atoms with Crippen LogP contribution in [0.3, 0.4) is 0 Å². The van der Waals surface area contributed by atoms with Gasteiger partial charge >= 0.3 is 0 Å². The van der Waals surface area contributed by atoms with Crippen LogP contribution in [0.25, 0.3) is 0 Å². The summed E-state index contributed by atoms with van der Waals surface area (Å²) in [6, 6.07) is 9.85. The zero-order valence-electron chi connectivity index (χ0n) is 12.3. The summed E-state index contributed by atoms with van der Waals surface area (Å²) in [5, 5.41) is 3.73. The van der Waals surface area contributed by atoms with E-state index in [0.717, 1.165) is 12.6 Å². The quantitative estimate of drug-likeness (QED) is 0.762. The van der Waals surface area contributed by atoms with Gasteiger partial charge in [-0.05, 0) is 29.9 Å². The molecule has 0 saturated heterocycles. The summed E-state index contributed by atoms with van der Waals surface area (Å²) in [5.74, 6) is 0.633. The SMILES string of the molecule is CC(C)c1ccc(CNC2CCCCCC2)cc1.Cl. The van der Waals surface area contributed by atoms with Crippen LogP contribution in [-0.4, -0.2) is 6.04 Å². The van der Waals surface area contributed by atoms with Gasteiger partial charge in [-0.1, -0.05) is 63.8 Å². The Morgan fingerprint density at radius 3 is 2.11 bits per heavy atom. The summed E-state index contributed by atoms with van der Waals surface area (Å²) in [7, 11) is 0. The molecule has 108 valence electrons. The van der Waals surface area contributed by atoms with Gasteiger partial charge < -0.3 is 5.32 Å². The number of hydrogen-bond acceptors (Lipinski definition) is 1. The number of rotatable bonds is 4. The van der Waals surface area contributed by atoms with Crippen LogP contribution in [-0.2, 0) is 6.54 Å². The molecule has 1 saturated carbocycles. The Morgan fingerprint density at radius 2 is 1.58 bits per heavy atom. The zero-order valence-corrected chi connectivity index (χ0v) is 13.1. The Labute approximate surface area is 124 Å². The van der Waals surface area contributed by atoms with Gasteiger partial charge in [0.1, 0.15) is 0 Å². The molecule has 0 atom stereocenters. The minimum absolute atomic E-state index is 0. The lowest BCUT2D eigenvalue weighted by atomic mass is 10.0. The molecular weight excluding hydrogens is 254 g/mol. The minimum Gasteiger partial charge on any atom is -0.310 e. The normalized spacial score (nSPS) is 17.0. The van der Waals surface area contributed by atoms with Crippen molar-refractivity contribution >= 4 is 12.4 Å². The molecule has 1 aromatic rings. The second-order valence-electron chi connectivity index (χ2n) is 5.97. The summed E-state index contributed by atoms with van der Waals surface area (Å²) in [6.45, 7) is 5.53. The fourth-order valence-corrected chi connectivity index (χ4v) is 2.77. The summed E-state index contributed by atoms with van der Waals surface area (Å²) in [4.78, 5) is 0. The Balaban J connectivity index is 0.00000180. The molecule has 0 heterocycles. The molecule has 2 rings (SSSR count). The molecule has 1 aromatic carbocycles. The highest BCUT2D eigenvalue weighted by Crippen LogP contribution is 2.18. The predicted molar refractivity (Wildman–Crippen MR) is 86.1 cm³/mol.